The third kappa shape index (κ3) is 5.21. The van der Waals surface area contributed by atoms with Gasteiger partial charge < -0.3 is 19.9 Å². The zero-order valence-electron chi connectivity index (χ0n) is 16.2. The van der Waals surface area contributed by atoms with Gasteiger partial charge in [0.2, 0.25) is 0 Å². The lowest BCUT2D eigenvalue weighted by molar-refractivity contribution is -0.0453. The summed E-state index contributed by atoms with van der Waals surface area (Å²) in [5.74, 6) is 1.96. The van der Waals surface area contributed by atoms with Gasteiger partial charge >= 0.3 is 0 Å². The number of hydrogen-bond donors (Lipinski definition) is 2. The van der Waals surface area contributed by atoms with E-state index in [0.29, 0.717) is 0 Å². The number of rotatable bonds is 11. The monoisotopic (exact) mass is 361 g/mol. The van der Waals surface area contributed by atoms with E-state index in [-0.39, 0.29) is 5.92 Å². The van der Waals surface area contributed by atoms with Gasteiger partial charge in [-0.3, -0.25) is 0 Å². The Morgan fingerprint density at radius 1 is 1.15 bits per heavy atom. The molecule has 0 radical (unpaired) electrons. The van der Waals surface area contributed by atoms with Crippen LogP contribution in [0.4, 0.5) is 0 Å². The van der Waals surface area contributed by atoms with Gasteiger partial charge in [-0.25, -0.2) is 0 Å². The minimum absolute atomic E-state index is 0.229. The smallest absolute Gasteiger partial charge is 0.125 e. The van der Waals surface area contributed by atoms with Crippen molar-refractivity contribution < 1.29 is 14.6 Å². The molecule has 2 aliphatic rings. The number of piperidine rings is 1. The molecular weight excluding hydrogens is 326 g/mol. The van der Waals surface area contributed by atoms with Crippen LogP contribution in [0.15, 0.2) is 24.3 Å². The number of para-hydroxylation sites is 1. The van der Waals surface area contributed by atoms with Crippen molar-refractivity contribution in [1.29, 1.82) is 0 Å². The molecule has 1 aliphatic heterocycles. The summed E-state index contributed by atoms with van der Waals surface area (Å²) in [5.41, 5.74) is 0.138. The van der Waals surface area contributed by atoms with Crippen LogP contribution in [0.5, 0.6) is 5.75 Å². The average molecular weight is 362 g/mol. The lowest BCUT2D eigenvalue weighted by Gasteiger charge is -2.40. The first-order valence-corrected chi connectivity index (χ1v) is 10.4. The van der Waals surface area contributed by atoms with Crippen molar-refractivity contribution in [1.82, 2.24) is 5.32 Å². The first-order chi connectivity index (χ1) is 12.7. The number of methoxy groups -OCH3 is 1. The van der Waals surface area contributed by atoms with E-state index in [1.54, 1.807) is 7.11 Å². The van der Waals surface area contributed by atoms with Crippen molar-refractivity contribution in [3.8, 4) is 5.75 Å². The minimum atomic E-state index is -0.836. The molecule has 4 nitrogen and oxygen atoms in total. The van der Waals surface area contributed by atoms with E-state index in [4.69, 9.17) is 9.47 Å². The molecule has 1 unspecified atom stereocenters. The molecule has 2 atom stereocenters. The Balaban J connectivity index is 1.75. The van der Waals surface area contributed by atoms with Crippen LogP contribution >= 0.6 is 0 Å². The van der Waals surface area contributed by atoms with E-state index < -0.39 is 5.60 Å². The molecule has 1 aliphatic carbocycles. The fourth-order valence-corrected chi connectivity index (χ4v) is 4.15. The van der Waals surface area contributed by atoms with Gasteiger partial charge in [0.1, 0.15) is 5.75 Å². The first kappa shape index (κ1) is 19.7. The van der Waals surface area contributed by atoms with Gasteiger partial charge in [0.05, 0.1) is 12.2 Å². The molecule has 1 aromatic rings. The third-order valence-electron chi connectivity index (χ3n) is 5.96. The highest BCUT2D eigenvalue weighted by molar-refractivity contribution is 5.39. The van der Waals surface area contributed by atoms with Crippen molar-refractivity contribution in [2.75, 3.05) is 33.4 Å². The molecule has 4 heteroatoms. The highest BCUT2D eigenvalue weighted by Crippen LogP contribution is 2.42. The van der Waals surface area contributed by atoms with Gasteiger partial charge in [0.25, 0.3) is 0 Å². The number of ether oxygens (including phenoxy) is 2. The predicted octanol–water partition coefficient (Wildman–Crippen LogP) is 3.87. The molecule has 2 fully saturated rings. The maximum Gasteiger partial charge on any atom is 0.125 e. The van der Waals surface area contributed by atoms with Crippen LogP contribution in [0.25, 0.3) is 0 Å². The maximum atomic E-state index is 11.8. The lowest BCUT2D eigenvalue weighted by Crippen LogP contribution is -2.44. The number of aliphatic hydroxyl groups is 1. The lowest BCUT2D eigenvalue weighted by atomic mass is 9.74. The highest BCUT2D eigenvalue weighted by atomic mass is 16.5. The fourth-order valence-electron chi connectivity index (χ4n) is 4.15. The molecule has 1 saturated heterocycles. The zero-order valence-corrected chi connectivity index (χ0v) is 16.2. The summed E-state index contributed by atoms with van der Waals surface area (Å²) in [6.45, 7) is 3.43. The van der Waals surface area contributed by atoms with Crippen molar-refractivity contribution in [2.45, 2.75) is 57.0 Å². The Morgan fingerprint density at radius 2 is 2.00 bits per heavy atom. The van der Waals surface area contributed by atoms with Crippen LogP contribution in [0.1, 0.15) is 56.9 Å². The van der Waals surface area contributed by atoms with Crippen LogP contribution in [0.3, 0.4) is 0 Å². The van der Waals surface area contributed by atoms with Gasteiger partial charge in [-0.05, 0) is 57.1 Å². The highest BCUT2D eigenvalue weighted by Gasteiger charge is 2.40. The number of benzene rings is 1. The van der Waals surface area contributed by atoms with Crippen molar-refractivity contribution in [3.63, 3.8) is 0 Å². The predicted molar refractivity (Wildman–Crippen MR) is 104 cm³/mol. The third-order valence-corrected chi connectivity index (χ3v) is 5.96. The van der Waals surface area contributed by atoms with Crippen LogP contribution < -0.4 is 10.1 Å². The molecule has 0 bridgehead atoms. The molecule has 0 aromatic heterocycles. The molecule has 1 saturated carbocycles. The zero-order chi connectivity index (χ0) is 18.2. The molecule has 1 aromatic carbocycles. The molecule has 146 valence electrons. The molecule has 0 spiro atoms. The molecule has 0 amide bonds. The fraction of sp³-hybridized carbons (Fsp3) is 0.727. The van der Waals surface area contributed by atoms with Crippen molar-refractivity contribution in [2.24, 2.45) is 11.8 Å². The maximum absolute atomic E-state index is 11.8. The van der Waals surface area contributed by atoms with Crippen molar-refractivity contribution >= 4 is 0 Å². The van der Waals surface area contributed by atoms with Gasteiger partial charge in [0, 0.05) is 31.7 Å². The van der Waals surface area contributed by atoms with Crippen LogP contribution in [0, 0.1) is 11.8 Å². The molecule has 26 heavy (non-hydrogen) atoms. The number of unbranched alkanes of at least 4 members (excludes halogenated alkanes) is 1. The summed E-state index contributed by atoms with van der Waals surface area (Å²) in [7, 11) is 1.74. The summed E-state index contributed by atoms with van der Waals surface area (Å²) in [4.78, 5) is 0. The van der Waals surface area contributed by atoms with E-state index in [2.05, 4.69) is 11.4 Å². The van der Waals surface area contributed by atoms with Gasteiger partial charge in [0.15, 0.2) is 0 Å². The normalized spacial score (nSPS) is 22.8. The summed E-state index contributed by atoms with van der Waals surface area (Å²) in [6.07, 6.45) is 8.70. The van der Waals surface area contributed by atoms with Gasteiger partial charge in [-0.15, -0.1) is 0 Å². The Morgan fingerprint density at radius 3 is 2.73 bits per heavy atom. The van der Waals surface area contributed by atoms with Crippen LogP contribution in [-0.4, -0.2) is 38.5 Å². The van der Waals surface area contributed by atoms with Gasteiger partial charge in [-0.2, -0.15) is 0 Å². The van der Waals surface area contributed by atoms with E-state index in [0.717, 1.165) is 82.1 Å². The summed E-state index contributed by atoms with van der Waals surface area (Å²) < 4.78 is 11.3. The van der Waals surface area contributed by atoms with Crippen LogP contribution in [-0.2, 0) is 10.3 Å². The van der Waals surface area contributed by atoms with E-state index in [1.807, 2.05) is 18.2 Å². The summed E-state index contributed by atoms with van der Waals surface area (Å²) >= 11 is 0. The Bertz CT molecular complexity index is 540. The first-order valence-electron chi connectivity index (χ1n) is 10.4. The van der Waals surface area contributed by atoms with E-state index >= 15 is 0 Å². The molecular formula is C22H35NO3. The van der Waals surface area contributed by atoms with Gasteiger partial charge in [-0.1, -0.05) is 31.0 Å². The van der Waals surface area contributed by atoms with E-state index in [1.165, 1.54) is 12.8 Å². The second-order valence-corrected chi connectivity index (χ2v) is 7.99. The minimum Gasteiger partial charge on any atom is -0.493 e. The largest absolute Gasteiger partial charge is 0.493 e. The molecule has 2 N–H and O–H groups in total. The summed E-state index contributed by atoms with van der Waals surface area (Å²) in [6, 6.07) is 8.13. The standard InChI is InChI=1S/C22H35NO3/c1-25-15-5-4-13-22(24,19-7-6-14-23-17-19)20-8-2-3-9-21(20)26-16-12-18-10-11-18/h2-3,8-9,18-19,23-24H,4-7,10-17H2,1H3/t19-,22?/m1/s1. The van der Waals surface area contributed by atoms with E-state index in [9.17, 15) is 5.11 Å². The number of hydrogen-bond acceptors (Lipinski definition) is 4. The topological polar surface area (TPSA) is 50.7 Å². The SMILES string of the molecule is COCCCCC(O)(c1ccccc1OCCC1CC1)[C@@H]1CCCNC1. The Labute approximate surface area is 158 Å². The second-order valence-electron chi connectivity index (χ2n) is 7.99. The number of nitrogens with one attached hydrogen (secondary N) is 1. The van der Waals surface area contributed by atoms with Crippen LogP contribution in [0.2, 0.25) is 0 Å². The quantitative estimate of drug-likeness (QED) is 0.588. The molecule has 3 rings (SSSR count). The Hall–Kier alpha value is -1.10. The van der Waals surface area contributed by atoms with Crippen molar-refractivity contribution in [3.05, 3.63) is 29.8 Å². The molecule has 1 heterocycles. The average Bonchev–Trinajstić information content (AvgIpc) is 3.51. The second kappa shape index (κ2) is 9.72. The summed E-state index contributed by atoms with van der Waals surface area (Å²) in [5, 5.41) is 15.3. The Kier molecular flexibility index (Phi) is 7.35.